The summed E-state index contributed by atoms with van der Waals surface area (Å²) in [6.45, 7) is 13.2. The molecule has 2 aliphatic rings. The van der Waals surface area contributed by atoms with Gasteiger partial charge in [-0.1, -0.05) is 48.6 Å². The third-order valence-electron chi connectivity index (χ3n) is 10.7. The van der Waals surface area contributed by atoms with Gasteiger partial charge in [0.05, 0.1) is 23.4 Å². The number of benzene rings is 3. The van der Waals surface area contributed by atoms with E-state index in [0.717, 1.165) is 70.6 Å². The molecule has 2 aliphatic heterocycles. The number of carbonyl (C=O) groups is 3. The maximum absolute atomic E-state index is 13.8. The molecule has 7 rings (SSSR count). The SMILES string of the molecule is Cc1cc(OCC(C)CC2CCN(CC(=O)O)CC2)ccc1-c1ccc(N2CCc3cccc(C(=O)Nc4nc5ccccc5s4)c3C2)nc1C(=O)OC(C)(C)C. The van der Waals surface area contributed by atoms with E-state index in [1.54, 1.807) is 0 Å². The number of ether oxygens (including phenoxy) is 2. The van der Waals surface area contributed by atoms with Crippen LogP contribution in [0.3, 0.4) is 0 Å². The molecule has 298 valence electrons. The number of nitrogens with one attached hydrogen (secondary N) is 1. The quantitative estimate of drug-likeness (QED) is 0.118. The Morgan fingerprint density at radius 2 is 1.74 bits per heavy atom. The Morgan fingerprint density at radius 3 is 2.47 bits per heavy atom. The Balaban J connectivity index is 1.07. The van der Waals surface area contributed by atoms with Crippen LogP contribution in [0.15, 0.2) is 72.8 Å². The lowest BCUT2D eigenvalue weighted by molar-refractivity contribution is -0.138. The van der Waals surface area contributed by atoms with E-state index in [4.69, 9.17) is 19.6 Å². The summed E-state index contributed by atoms with van der Waals surface area (Å²) in [4.78, 5) is 52.3. The van der Waals surface area contributed by atoms with Crippen LogP contribution in [0.2, 0.25) is 0 Å². The Bertz CT molecular complexity index is 2240. The molecule has 0 radical (unpaired) electrons. The number of thiazole rings is 1. The van der Waals surface area contributed by atoms with Gasteiger partial charge in [-0.25, -0.2) is 14.8 Å². The van der Waals surface area contributed by atoms with Gasteiger partial charge in [-0.2, -0.15) is 0 Å². The Kier molecular flexibility index (Phi) is 11.9. The first-order chi connectivity index (χ1) is 27.3. The molecular formula is C45H51N5O6S. The van der Waals surface area contributed by atoms with Crippen molar-refractivity contribution < 1.29 is 29.0 Å². The van der Waals surface area contributed by atoms with E-state index in [0.29, 0.717) is 60.0 Å². The normalized spacial score (nSPS) is 15.6. The number of rotatable bonds is 12. The van der Waals surface area contributed by atoms with Crippen molar-refractivity contribution in [2.75, 3.05) is 43.0 Å². The molecule has 0 aliphatic carbocycles. The average molecular weight is 790 g/mol. The number of carboxylic acid groups (broad SMARTS) is 1. The molecule has 57 heavy (non-hydrogen) atoms. The smallest absolute Gasteiger partial charge is 0.358 e. The number of aliphatic carboxylic acids is 1. The first-order valence-electron chi connectivity index (χ1n) is 19.7. The fourth-order valence-corrected chi connectivity index (χ4v) is 8.74. The molecule has 1 saturated heterocycles. The number of aromatic nitrogens is 2. The second-order valence-corrected chi connectivity index (χ2v) is 17.4. The van der Waals surface area contributed by atoms with Crippen LogP contribution in [0.4, 0.5) is 10.9 Å². The van der Waals surface area contributed by atoms with Gasteiger partial charge in [0.15, 0.2) is 10.8 Å². The van der Waals surface area contributed by atoms with Crippen molar-refractivity contribution in [3.05, 3.63) is 101 Å². The number of pyridine rings is 1. The summed E-state index contributed by atoms with van der Waals surface area (Å²) >= 11 is 1.45. The van der Waals surface area contributed by atoms with Crippen molar-refractivity contribution in [3.8, 4) is 16.9 Å². The summed E-state index contributed by atoms with van der Waals surface area (Å²) in [5, 5.41) is 12.7. The molecule has 1 unspecified atom stereocenters. The molecule has 2 aromatic heterocycles. The summed E-state index contributed by atoms with van der Waals surface area (Å²) in [6, 6.07) is 23.4. The minimum Gasteiger partial charge on any atom is -0.493 e. The van der Waals surface area contributed by atoms with Crippen molar-refractivity contribution in [1.29, 1.82) is 0 Å². The van der Waals surface area contributed by atoms with Crippen molar-refractivity contribution in [3.63, 3.8) is 0 Å². The molecule has 1 fully saturated rings. The number of piperidine rings is 1. The zero-order valence-electron chi connectivity index (χ0n) is 33.3. The maximum Gasteiger partial charge on any atom is 0.358 e. The molecule has 1 atom stereocenters. The van der Waals surface area contributed by atoms with E-state index < -0.39 is 17.5 Å². The van der Waals surface area contributed by atoms with Crippen molar-refractivity contribution in [1.82, 2.24) is 14.9 Å². The van der Waals surface area contributed by atoms with Crippen LogP contribution in [0.1, 0.15) is 84.5 Å². The van der Waals surface area contributed by atoms with Crippen molar-refractivity contribution in [2.45, 2.75) is 72.4 Å². The van der Waals surface area contributed by atoms with Crippen LogP contribution >= 0.6 is 11.3 Å². The van der Waals surface area contributed by atoms with Gasteiger partial charge in [0.2, 0.25) is 0 Å². The summed E-state index contributed by atoms with van der Waals surface area (Å²) in [5.74, 6) is 0.824. The number of carboxylic acids is 1. The highest BCUT2D eigenvalue weighted by Gasteiger charge is 2.28. The number of esters is 1. The highest BCUT2D eigenvalue weighted by atomic mass is 32.1. The monoisotopic (exact) mass is 789 g/mol. The van der Waals surface area contributed by atoms with Gasteiger partial charge in [-0.3, -0.25) is 19.8 Å². The lowest BCUT2D eigenvalue weighted by atomic mass is 9.88. The van der Waals surface area contributed by atoms with Crippen LogP contribution in [-0.2, 0) is 22.5 Å². The number of fused-ring (bicyclic) bond motifs is 2. The van der Waals surface area contributed by atoms with E-state index in [1.165, 1.54) is 11.3 Å². The second-order valence-electron chi connectivity index (χ2n) is 16.4. The Morgan fingerprint density at radius 1 is 0.965 bits per heavy atom. The third kappa shape index (κ3) is 9.80. The van der Waals surface area contributed by atoms with Crippen LogP contribution < -0.4 is 15.0 Å². The first kappa shape index (κ1) is 39.9. The third-order valence-corrected chi connectivity index (χ3v) is 11.6. The van der Waals surface area contributed by atoms with Gasteiger partial charge < -0.3 is 19.5 Å². The van der Waals surface area contributed by atoms with Gasteiger partial charge in [-0.05, 0) is 143 Å². The first-order valence-corrected chi connectivity index (χ1v) is 20.6. The predicted molar refractivity (Wildman–Crippen MR) is 224 cm³/mol. The highest BCUT2D eigenvalue weighted by molar-refractivity contribution is 7.22. The van der Waals surface area contributed by atoms with Crippen LogP contribution in [0, 0.1) is 18.8 Å². The van der Waals surface area contributed by atoms with E-state index in [9.17, 15) is 14.4 Å². The van der Waals surface area contributed by atoms with Gasteiger partial charge in [0, 0.05) is 24.2 Å². The minimum atomic E-state index is -0.769. The highest BCUT2D eigenvalue weighted by Crippen LogP contribution is 2.34. The largest absolute Gasteiger partial charge is 0.493 e. The van der Waals surface area contributed by atoms with E-state index in [-0.39, 0.29) is 18.1 Å². The van der Waals surface area contributed by atoms with E-state index in [2.05, 4.69) is 28.2 Å². The number of nitrogens with zero attached hydrogens (tertiary/aromatic N) is 4. The average Bonchev–Trinajstić information content (AvgIpc) is 3.59. The Hall–Kier alpha value is -5.33. The molecule has 0 saturated carbocycles. The van der Waals surface area contributed by atoms with Crippen molar-refractivity contribution >= 4 is 50.3 Å². The lowest BCUT2D eigenvalue weighted by Gasteiger charge is -2.32. The molecule has 0 bridgehead atoms. The zero-order chi connectivity index (χ0) is 40.3. The number of amides is 1. The summed E-state index contributed by atoms with van der Waals surface area (Å²) in [7, 11) is 0. The molecule has 2 N–H and O–H groups in total. The number of hydrogen-bond acceptors (Lipinski definition) is 10. The van der Waals surface area contributed by atoms with Gasteiger partial charge in [0.1, 0.15) is 17.2 Å². The number of hydrogen-bond donors (Lipinski definition) is 2. The predicted octanol–water partition coefficient (Wildman–Crippen LogP) is 8.64. The van der Waals surface area contributed by atoms with Crippen LogP contribution in [0.5, 0.6) is 5.75 Å². The standard InChI is InChI=1S/C45H51N5O6S/c1-28(23-30-17-20-49(21-18-30)26-40(51)52)27-55-32-13-14-33(29(2)24-32)34-15-16-39(47-41(34)43(54)56-45(3,4)5)50-22-19-31-9-8-10-35(36(31)25-50)42(53)48-44-46-37-11-6-7-12-38(37)57-44/h6-16,24,28,30H,17-23,25-27H2,1-5H3,(H,51,52)(H,46,48,53). The lowest BCUT2D eigenvalue weighted by Crippen LogP contribution is -2.37. The number of para-hydroxylation sites is 1. The molecule has 11 nitrogen and oxygen atoms in total. The fraction of sp³-hybridized carbons (Fsp3) is 0.400. The van der Waals surface area contributed by atoms with Crippen LogP contribution in [0.25, 0.3) is 21.3 Å². The summed E-state index contributed by atoms with van der Waals surface area (Å²) in [5.41, 5.74) is 5.46. The number of likely N-dealkylation sites (tertiary alicyclic amines) is 1. The summed E-state index contributed by atoms with van der Waals surface area (Å²) < 4.78 is 13.2. The van der Waals surface area contributed by atoms with Gasteiger partial charge in [0.25, 0.3) is 5.91 Å². The molecule has 1 amide bonds. The number of carbonyl (C=O) groups excluding carboxylic acids is 2. The molecule has 12 heteroatoms. The molecule has 5 aromatic rings. The molecule has 4 heterocycles. The summed E-state index contributed by atoms with van der Waals surface area (Å²) in [6.07, 6.45) is 3.77. The van der Waals surface area contributed by atoms with E-state index in [1.807, 2.05) is 99.3 Å². The zero-order valence-corrected chi connectivity index (χ0v) is 34.2. The molecule has 0 spiro atoms. The number of aryl methyl sites for hydroxylation is 1. The minimum absolute atomic E-state index is 0.114. The molecule has 3 aromatic carbocycles. The van der Waals surface area contributed by atoms with Gasteiger partial charge >= 0.3 is 11.9 Å². The second kappa shape index (κ2) is 17.0. The number of anilines is 2. The van der Waals surface area contributed by atoms with E-state index >= 15 is 0 Å². The van der Waals surface area contributed by atoms with Crippen molar-refractivity contribution in [2.24, 2.45) is 11.8 Å². The fourth-order valence-electron chi connectivity index (χ4n) is 7.88. The molecular weight excluding hydrogens is 739 g/mol. The topological polar surface area (TPSA) is 134 Å². The van der Waals surface area contributed by atoms with Crippen LogP contribution in [-0.4, -0.2) is 76.2 Å². The van der Waals surface area contributed by atoms with Gasteiger partial charge in [-0.15, -0.1) is 0 Å². The Labute approximate surface area is 338 Å². The maximum atomic E-state index is 13.8.